The van der Waals surface area contributed by atoms with Crippen LogP contribution < -0.4 is 5.32 Å². The molecule has 1 aliphatic carbocycles. The molecule has 1 aliphatic heterocycles. The molecule has 0 spiro atoms. The standard InChI is InChI=1S/C13H20N2O4S/c1-8(13(18)19)14-11(16)10-6-20-7-15(10)12(17)9-4-2-3-5-9/h8-10H,2-7H2,1H3,(H,14,16)(H,18,19)/t8-,10?/m0/s1. The molecule has 2 amide bonds. The van der Waals surface area contributed by atoms with Crippen molar-refractivity contribution >= 4 is 29.5 Å². The summed E-state index contributed by atoms with van der Waals surface area (Å²) in [6.07, 6.45) is 3.95. The minimum absolute atomic E-state index is 0.0425. The van der Waals surface area contributed by atoms with Gasteiger partial charge in [0.05, 0.1) is 5.88 Å². The van der Waals surface area contributed by atoms with E-state index in [1.807, 2.05) is 0 Å². The summed E-state index contributed by atoms with van der Waals surface area (Å²) in [5.74, 6) is -0.281. The van der Waals surface area contributed by atoms with Crippen LogP contribution in [-0.2, 0) is 14.4 Å². The number of carbonyl (C=O) groups is 3. The lowest BCUT2D eigenvalue weighted by Crippen LogP contribution is -2.51. The van der Waals surface area contributed by atoms with Crippen molar-refractivity contribution in [2.24, 2.45) is 5.92 Å². The summed E-state index contributed by atoms with van der Waals surface area (Å²) >= 11 is 1.54. The quantitative estimate of drug-likeness (QED) is 0.797. The van der Waals surface area contributed by atoms with Crippen molar-refractivity contribution in [3.63, 3.8) is 0 Å². The first-order chi connectivity index (χ1) is 9.50. The molecule has 2 rings (SSSR count). The fraction of sp³-hybridized carbons (Fsp3) is 0.769. The summed E-state index contributed by atoms with van der Waals surface area (Å²) in [6, 6.07) is -1.47. The van der Waals surface area contributed by atoms with Gasteiger partial charge in [0.15, 0.2) is 0 Å². The minimum Gasteiger partial charge on any atom is -0.480 e. The van der Waals surface area contributed by atoms with Crippen LogP contribution in [0.2, 0.25) is 0 Å². The molecule has 0 aromatic heterocycles. The number of aliphatic carboxylic acids is 1. The van der Waals surface area contributed by atoms with Gasteiger partial charge >= 0.3 is 5.97 Å². The maximum absolute atomic E-state index is 12.4. The molecule has 0 bridgehead atoms. The molecule has 1 heterocycles. The lowest BCUT2D eigenvalue weighted by Gasteiger charge is -2.26. The fourth-order valence-electron chi connectivity index (χ4n) is 2.66. The monoisotopic (exact) mass is 300 g/mol. The lowest BCUT2D eigenvalue weighted by molar-refractivity contribution is -0.144. The smallest absolute Gasteiger partial charge is 0.325 e. The van der Waals surface area contributed by atoms with E-state index in [-0.39, 0.29) is 17.7 Å². The van der Waals surface area contributed by atoms with E-state index in [1.165, 1.54) is 18.7 Å². The van der Waals surface area contributed by atoms with Crippen molar-refractivity contribution in [1.82, 2.24) is 10.2 Å². The summed E-state index contributed by atoms with van der Waals surface area (Å²) in [5.41, 5.74) is 0. The van der Waals surface area contributed by atoms with Crippen LogP contribution in [0.3, 0.4) is 0 Å². The Hall–Kier alpha value is -1.24. The van der Waals surface area contributed by atoms with Crippen molar-refractivity contribution in [3.8, 4) is 0 Å². The first kappa shape index (κ1) is 15.2. The molecular formula is C13H20N2O4S. The van der Waals surface area contributed by atoms with Gasteiger partial charge in [-0.05, 0) is 19.8 Å². The number of hydrogen-bond acceptors (Lipinski definition) is 4. The third kappa shape index (κ3) is 3.26. The Kier molecular flexibility index (Phi) is 4.91. The third-order valence-electron chi connectivity index (χ3n) is 3.90. The van der Waals surface area contributed by atoms with Crippen LogP contribution in [0.25, 0.3) is 0 Å². The number of thioether (sulfide) groups is 1. The van der Waals surface area contributed by atoms with Crippen LogP contribution in [0.15, 0.2) is 0 Å². The van der Waals surface area contributed by atoms with Gasteiger partial charge in [-0.25, -0.2) is 0 Å². The van der Waals surface area contributed by atoms with Gasteiger partial charge in [0.25, 0.3) is 0 Å². The van der Waals surface area contributed by atoms with Gasteiger partial charge in [0, 0.05) is 11.7 Å². The second-order valence-electron chi connectivity index (χ2n) is 5.37. The van der Waals surface area contributed by atoms with Gasteiger partial charge in [-0.2, -0.15) is 0 Å². The largest absolute Gasteiger partial charge is 0.480 e. The van der Waals surface area contributed by atoms with Gasteiger partial charge in [-0.1, -0.05) is 12.8 Å². The number of carboxylic acids is 1. The number of nitrogens with zero attached hydrogens (tertiary/aromatic N) is 1. The molecule has 2 atom stereocenters. The molecule has 2 aliphatic rings. The van der Waals surface area contributed by atoms with Gasteiger partial charge in [0.2, 0.25) is 11.8 Å². The molecule has 1 saturated heterocycles. The Morgan fingerprint density at radius 1 is 1.30 bits per heavy atom. The number of carbonyl (C=O) groups excluding carboxylic acids is 2. The van der Waals surface area contributed by atoms with Crippen LogP contribution in [0.4, 0.5) is 0 Å². The number of carboxylic acid groups (broad SMARTS) is 1. The highest BCUT2D eigenvalue weighted by Crippen LogP contribution is 2.30. The Morgan fingerprint density at radius 3 is 2.55 bits per heavy atom. The maximum atomic E-state index is 12.4. The summed E-state index contributed by atoms with van der Waals surface area (Å²) in [5, 5.41) is 11.3. The number of hydrogen-bond donors (Lipinski definition) is 2. The zero-order valence-electron chi connectivity index (χ0n) is 11.5. The van der Waals surface area contributed by atoms with E-state index < -0.39 is 18.1 Å². The van der Waals surface area contributed by atoms with Crippen LogP contribution in [0.1, 0.15) is 32.6 Å². The Balaban J connectivity index is 1.97. The number of rotatable bonds is 4. The van der Waals surface area contributed by atoms with Crippen molar-refractivity contribution < 1.29 is 19.5 Å². The molecular weight excluding hydrogens is 280 g/mol. The summed E-state index contributed by atoms with van der Waals surface area (Å²) in [4.78, 5) is 36.9. The van der Waals surface area contributed by atoms with Crippen LogP contribution in [0.5, 0.6) is 0 Å². The van der Waals surface area contributed by atoms with Gasteiger partial charge in [0.1, 0.15) is 12.1 Å². The summed E-state index contributed by atoms with van der Waals surface area (Å²) < 4.78 is 0. The molecule has 0 aromatic rings. The SMILES string of the molecule is C[C@H](NC(=O)C1CSCN1C(=O)C1CCCC1)C(=O)O. The topological polar surface area (TPSA) is 86.7 Å². The van der Waals surface area contributed by atoms with Crippen molar-refractivity contribution in [2.45, 2.75) is 44.7 Å². The van der Waals surface area contributed by atoms with Crippen molar-refractivity contribution in [2.75, 3.05) is 11.6 Å². The zero-order chi connectivity index (χ0) is 14.7. The van der Waals surface area contributed by atoms with Crippen molar-refractivity contribution in [3.05, 3.63) is 0 Å². The molecule has 2 fully saturated rings. The summed E-state index contributed by atoms with van der Waals surface area (Å²) in [7, 11) is 0. The maximum Gasteiger partial charge on any atom is 0.325 e. The second kappa shape index (κ2) is 6.47. The van der Waals surface area contributed by atoms with E-state index in [9.17, 15) is 14.4 Å². The fourth-order valence-corrected chi connectivity index (χ4v) is 3.82. The lowest BCUT2D eigenvalue weighted by atomic mass is 10.1. The van der Waals surface area contributed by atoms with Gasteiger partial charge < -0.3 is 15.3 Å². The molecule has 0 radical (unpaired) electrons. The zero-order valence-corrected chi connectivity index (χ0v) is 12.3. The highest BCUT2D eigenvalue weighted by atomic mass is 32.2. The second-order valence-corrected chi connectivity index (χ2v) is 6.37. The normalized spacial score (nSPS) is 24.6. The van der Waals surface area contributed by atoms with E-state index in [0.29, 0.717) is 11.6 Å². The van der Waals surface area contributed by atoms with E-state index in [0.717, 1.165) is 25.7 Å². The third-order valence-corrected chi connectivity index (χ3v) is 4.91. The molecule has 2 N–H and O–H groups in total. The van der Waals surface area contributed by atoms with Crippen molar-refractivity contribution in [1.29, 1.82) is 0 Å². The highest BCUT2D eigenvalue weighted by molar-refractivity contribution is 7.99. The first-order valence-electron chi connectivity index (χ1n) is 6.92. The van der Waals surface area contributed by atoms with Gasteiger partial charge in [-0.15, -0.1) is 11.8 Å². The average Bonchev–Trinajstić information content (AvgIpc) is 3.08. The van der Waals surface area contributed by atoms with E-state index >= 15 is 0 Å². The molecule has 1 unspecified atom stereocenters. The molecule has 7 heteroatoms. The number of nitrogens with one attached hydrogen (secondary N) is 1. The molecule has 112 valence electrons. The van der Waals surface area contributed by atoms with Crippen LogP contribution in [0, 0.1) is 5.92 Å². The van der Waals surface area contributed by atoms with E-state index in [1.54, 1.807) is 4.90 Å². The Labute approximate surface area is 122 Å². The summed E-state index contributed by atoms with van der Waals surface area (Å²) in [6.45, 7) is 1.42. The van der Waals surface area contributed by atoms with Gasteiger partial charge in [-0.3, -0.25) is 14.4 Å². The van der Waals surface area contributed by atoms with E-state index in [4.69, 9.17) is 5.11 Å². The molecule has 0 aromatic carbocycles. The average molecular weight is 300 g/mol. The Bertz CT molecular complexity index is 409. The molecule has 6 nitrogen and oxygen atoms in total. The predicted octanol–water partition coefficient (Wildman–Crippen LogP) is 0.667. The first-order valence-corrected chi connectivity index (χ1v) is 8.07. The molecule has 1 saturated carbocycles. The highest BCUT2D eigenvalue weighted by Gasteiger charge is 2.38. The molecule has 20 heavy (non-hydrogen) atoms. The number of amides is 2. The van der Waals surface area contributed by atoms with Crippen LogP contribution in [-0.4, -0.2) is 51.5 Å². The minimum atomic E-state index is -1.07. The van der Waals surface area contributed by atoms with Crippen LogP contribution >= 0.6 is 11.8 Å². The predicted molar refractivity (Wildman–Crippen MR) is 75.2 cm³/mol. The Morgan fingerprint density at radius 2 is 1.95 bits per heavy atom. The van der Waals surface area contributed by atoms with E-state index in [2.05, 4.69) is 5.32 Å².